The third-order valence-corrected chi connectivity index (χ3v) is 5.48. The minimum Gasteiger partial charge on any atom is -0.454 e. The van der Waals surface area contributed by atoms with Crippen LogP contribution < -0.4 is 14.8 Å². The molecule has 1 amide bonds. The van der Waals surface area contributed by atoms with Crippen LogP contribution in [0, 0.1) is 13.8 Å². The molecule has 0 bridgehead atoms. The summed E-state index contributed by atoms with van der Waals surface area (Å²) >= 11 is 0. The third kappa shape index (κ3) is 4.03. The van der Waals surface area contributed by atoms with Crippen molar-refractivity contribution in [3.05, 3.63) is 65.4 Å². The van der Waals surface area contributed by atoms with E-state index in [1.807, 2.05) is 31.2 Å². The van der Waals surface area contributed by atoms with Crippen molar-refractivity contribution in [1.82, 2.24) is 10.1 Å². The number of carbonyl (C=O) groups is 2. The fourth-order valence-corrected chi connectivity index (χ4v) is 3.62. The number of ether oxygens (including phenoxy) is 3. The first-order chi connectivity index (χ1) is 16.4. The molecular formula is C25H21N3O6. The van der Waals surface area contributed by atoms with Gasteiger partial charge in [0.25, 0.3) is 11.6 Å². The van der Waals surface area contributed by atoms with Crippen LogP contribution in [0.1, 0.15) is 28.5 Å². The molecule has 1 atom stereocenters. The number of anilines is 1. The Morgan fingerprint density at radius 1 is 1.03 bits per heavy atom. The van der Waals surface area contributed by atoms with Gasteiger partial charge in [0.2, 0.25) is 6.79 Å². The van der Waals surface area contributed by atoms with E-state index >= 15 is 0 Å². The molecule has 0 radical (unpaired) electrons. The van der Waals surface area contributed by atoms with E-state index in [1.165, 1.54) is 6.92 Å². The van der Waals surface area contributed by atoms with Gasteiger partial charge in [-0.25, -0.2) is 9.78 Å². The van der Waals surface area contributed by atoms with E-state index < -0.39 is 18.0 Å². The molecule has 172 valence electrons. The van der Waals surface area contributed by atoms with Crippen molar-refractivity contribution < 1.29 is 28.3 Å². The van der Waals surface area contributed by atoms with Gasteiger partial charge in [-0.1, -0.05) is 35.0 Å². The normalized spacial score (nSPS) is 13.0. The number of carbonyl (C=O) groups excluding carboxylic acids is 2. The average molecular weight is 459 g/mol. The fraction of sp³-hybridized carbons (Fsp3) is 0.200. The Morgan fingerprint density at radius 3 is 2.59 bits per heavy atom. The zero-order valence-corrected chi connectivity index (χ0v) is 18.7. The van der Waals surface area contributed by atoms with Crippen LogP contribution in [-0.4, -0.2) is 34.9 Å². The summed E-state index contributed by atoms with van der Waals surface area (Å²) in [5, 5.41) is 7.11. The second-order valence-electron chi connectivity index (χ2n) is 7.97. The molecule has 1 aliphatic rings. The van der Waals surface area contributed by atoms with Crippen LogP contribution in [0.25, 0.3) is 22.4 Å². The van der Waals surface area contributed by atoms with E-state index in [2.05, 4.69) is 15.5 Å². The van der Waals surface area contributed by atoms with Crippen LogP contribution >= 0.6 is 0 Å². The Labute approximate surface area is 194 Å². The zero-order chi connectivity index (χ0) is 23.8. The third-order valence-electron chi connectivity index (χ3n) is 5.48. The van der Waals surface area contributed by atoms with E-state index in [4.69, 9.17) is 18.7 Å². The topological polar surface area (TPSA) is 113 Å². The summed E-state index contributed by atoms with van der Waals surface area (Å²) in [6, 6.07) is 14.4. The van der Waals surface area contributed by atoms with Crippen molar-refractivity contribution in [1.29, 1.82) is 0 Å². The van der Waals surface area contributed by atoms with Gasteiger partial charge in [0.15, 0.2) is 17.6 Å². The molecule has 9 nitrogen and oxygen atoms in total. The highest BCUT2D eigenvalue weighted by Gasteiger charge is 2.25. The van der Waals surface area contributed by atoms with Crippen molar-refractivity contribution in [3.8, 4) is 22.8 Å². The Hall–Kier alpha value is -4.40. The van der Waals surface area contributed by atoms with Crippen LogP contribution in [0.3, 0.4) is 0 Å². The van der Waals surface area contributed by atoms with Gasteiger partial charge in [-0.3, -0.25) is 4.79 Å². The lowest BCUT2D eigenvalue weighted by molar-refractivity contribution is -0.123. The summed E-state index contributed by atoms with van der Waals surface area (Å²) in [6.07, 6.45) is -1.07. The first kappa shape index (κ1) is 21.4. The highest BCUT2D eigenvalue weighted by molar-refractivity contribution is 6.05. The minimum absolute atomic E-state index is 0.133. The van der Waals surface area contributed by atoms with Gasteiger partial charge in [0, 0.05) is 17.3 Å². The van der Waals surface area contributed by atoms with Crippen molar-refractivity contribution in [3.63, 3.8) is 0 Å². The summed E-state index contributed by atoms with van der Waals surface area (Å²) in [5.41, 5.74) is 3.89. The number of hydrogen-bond donors (Lipinski definition) is 1. The van der Waals surface area contributed by atoms with Crippen LogP contribution in [0.2, 0.25) is 0 Å². The van der Waals surface area contributed by atoms with Crippen LogP contribution in [0.5, 0.6) is 11.5 Å². The number of aryl methyl sites for hydroxylation is 2. The zero-order valence-electron chi connectivity index (χ0n) is 18.7. The summed E-state index contributed by atoms with van der Waals surface area (Å²) in [7, 11) is 0. The van der Waals surface area contributed by atoms with Crippen molar-refractivity contribution in [2.24, 2.45) is 0 Å². The number of nitrogens with zero attached hydrogens (tertiary/aromatic N) is 2. The Balaban J connectivity index is 1.38. The molecule has 3 heterocycles. The van der Waals surface area contributed by atoms with E-state index in [0.29, 0.717) is 34.0 Å². The summed E-state index contributed by atoms with van der Waals surface area (Å²) in [5.74, 6) is -0.0282. The van der Waals surface area contributed by atoms with E-state index in [1.54, 1.807) is 31.2 Å². The average Bonchev–Trinajstić information content (AvgIpc) is 3.45. The molecule has 0 spiro atoms. The Bertz CT molecular complexity index is 1410. The standard InChI is InChI=1S/C25H21N3O6/c1-13-4-6-16(7-5-13)19-11-18(22-14(2)28-34-24(22)27-19)25(30)33-15(3)23(29)26-17-8-9-20-21(10-17)32-12-31-20/h4-11,15H,12H2,1-3H3,(H,26,29). The Morgan fingerprint density at radius 2 is 1.79 bits per heavy atom. The molecule has 0 saturated carbocycles. The number of hydrogen-bond acceptors (Lipinski definition) is 8. The van der Waals surface area contributed by atoms with Gasteiger partial charge in [-0.15, -0.1) is 0 Å². The van der Waals surface area contributed by atoms with E-state index in [-0.39, 0.29) is 18.1 Å². The quantitative estimate of drug-likeness (QED) is 0.437. The first-order valence-corrected chi connectivity index (χ1v) is 10.6. The molecule has 4 aromatic rings. The number of fused-ring (bicyclic) bond motifs is 2. The number of pyridine rings is 1. The van der Waals surface area contributed by atoms with Gasteiger partial charge < -0.3 is 24.1 Å². The number of amides is 1. The number of nitrogens with one attached hydrogen (secondary N) is 1. The minimum atomic E-state index is -1.07. The van der Waals surface area contributed by atoms with Gasteiger partial charge in [-0.2, -0.15) is 0 Å². The smallest absolute Gasteiger partial charge is 0.339 e. The maximum Gasteiger partial charge on any atom is 0.339 e. The molecule has 1 aliphatic heterocycles. The number of aromatic nitrogens is 2. The molecule has 0 aliphatic carbocycles. The monoisotopic (exact) mass is 459 g/mol. The summed E-state index contributed by atoms with van der Waals surface area (Å²) in [4.78, 5) is 30.3. The molecule has 1 unspecified atom stereocenters. The highest BCUT2D eigenvalue weighted by atomic mass is 16.7. The first-order valence-electron chi connectivity index (χ1n) is 10.6. The van der Waals surface area contributed by atoms with E-state index in [9.17, 15) is 9.59 Å². The van der Waals surface area contributed by atoms with Crippen molar-refractivity contribution in [2.75, 3.05) is 12.1 Å². The Kier molecular flexibility index (Phi) is 5.37. The SMILES string of the molecule is Cc1ccc(-c2cc(C(=O)OC(C)C(=O)Nc3ccc4c(c3)OCO4)c3c(C)noc3n2)cc1. The largest absolute Gasteiger partial charge is 0.454 e. The number of benzene rings is 2. The van der Waals surface area contributed by atoms with Gasteiger partial charge in [0.05, 0.1) is 22.3 Å². The molecule has 5 rings (SSSR count). The van der Waals surface area contributed by atoms with Gasteiger partial charge in [-0.05, 0) is 39.0 Å². The van der Waals surface area contributed by atoms with Gasteiger partial charge >= 0.3 is 5.97 Å². The predicted octanol–water partition coefficient (Wildman–Crippen LogP) is 4.42. The van der Waals surface area contributed by atoms with Crippen LogP contribution in [0.4, 0.5) is 5.69 Å². The number of rotatable bonds is 5. The molecular weight excluding hydrogens is 438 g/mol. The molecule has 9 heteroatoms. The lowest BCUT2D eigenvalue weighted by Gasteiger charge is -2.14. The highest BCUT2D eigenvalue weighted by Crippen LogP contribution is 2.34. The molecule has 2 aromatic heterocycles. The summed E-state index contributed by atoms with van der Waals surface area (Å²) in [6.45, 7) is 5.33. The molecule has 2 aromatic carbocycles. The maximum atomic E-state index is 13.1. The second-order valence-corrected chi connectivity index (χ2v) is 7.97. The van der Waals surface area contributed by atoms with Crippen molar-refractivity contribution >= 4 is 28.7 Å². The molecule has 0 fully saturated rings. The lowest BCUT2D eigenvalue weighted by Crippen LogP contribution is -2.30. The number of esters is 1. The molecule has 0 saturated heterocycles. The predicted molar refractivity (Wildman–Crippen MR) is 123 cm³/mol. The molecule has 34 heavy (non-hydrogen) atoms. The van der Waals surface area contributed by atoms with Crippen molar-refractivity contribution in [2.45, 2.75) is 26.9 Å². The molecule has 1 N–H and O–H groups in total. The van der Waals surface area contributed by atoms with Gasteiger partial charge in [0.1, 0.15) is 0 Å². The fourth-order valence-electron chi connectivity index (χ4n) is 3.62. The lowest BCUT2D eigenvalue weighted by atomic mass is 10.0. The summed E-state index contributed by atoms with van der Waals surface area (Å²) < 4.78 is 21.4. The maximum absolute atomic E-state index is 13.1. The van der Waals surface area contributed by atoms with Crippen LogP contribution in [0.15, 0.2) is 53.1 Å². The second kappa shape index (κ2) is 8.51. The van der Waals surface area contributed by atoms with Crippen LogP contribution in [-0.2, 0) is 9.53 Å². The van der Waals surface area contributed by atoms with E-state index in [0.717, 1.165) is 11.1 Å².